The minimum Gasteiger partial charge on any atom is -0.465 e. The zero-order valence-electron chi connectivity index (χ0n) is 8.84. The smallest absolute Gasteiger partial charge is 0.465 e. The fourth-order valence-electron chi connectivity index (χ4n) is 1.15. The van der Waals surface area contributed by atoms with Gasteiger partial charge in [-0.15, -0.1) is 13.2 Å². The molecule has 1 aromatic rings. The normalized spacial score (nSPS) is 10.7. The van der Waals surface area contributed by atoms with Gasteiger partial charge in [0.25, 0.3) is 0 Å². The standard InChI is InChI=1S/C10H5F3INO3/c1-17-9(16)8-6(14)2-5(4-15)3-7(8)18-10(11,12)13/h2-3H,1H3. The number of rotatable bonds is 2. The number of benzene rings is 1. The van der Waals surface area contributed by atoms with Gasteiger partial charge in [0, 0.05) is 3.57 Å². The zero-order chi connectivity index (χ0) is 13.9. The molecule has 0 N–H and O–H groups in total. The van der Waals surface area contributed by atoms with E-state index in [0.717, 1.165) is 13.2 Å². The number of ether oxygens (including phenoxy) is 2. The maximum Gasteiger partial charge on any atom is 0.573 e. The Hall–Kier alpha value is -1.50. The van der Waals surface area contributed by atoms with Gasteiger partial charge in [-0.05, 0) is 34.7 Å². The van der Waals surface area contributed by atoms with Crippen LogP contribution in [0.2, 0.25) is 0 Å². The Bertz CT molecular complexity index is 522. The van der Waals surface area contributed by atoms with Crippen LogP contribution in [0.1, 0.15) is 15.9 Å². The van der Waals surface area contributed by atoms with Gasteiger partial charge in [-0.1, -0.05) is 0 Å². The first-order valence-corrected chi connectivity index (χ1v) is 5.44. The van der Waals surface area contributed by atoms with Crippen LogP contribution in [0.4, 0.5) is 13.2 Å². The van der Waals surface area contributed by atoms with E-state index < -0.39 is 18.1 Å². The number of nitrogens with zero attached hydrogens (tertiary/aromatic N) is 1. The van der Waals surface area contributed by atoms with Crippen LogP contribution < -0.4 is 4.74 Å². The van der Waals surface area contributed by atoms with Crippen molar-refractivity contribution >= 4 is 28.6 Å². The molecule has 96 valence electrons. The highest BCUT2D eigenvalue weighted by Gasteiger charge is 2.34. The maximum atomic E-state index is 12.2. The molecule has 0 aliphatic rings. The Balaban J connectivity index is 3.39. The van der Waals surface area contributed by atoms with Crippen LogP contribution in [0.15, 0.2) is 12.1 Å². The van der Waals surface area contributed by atoms with Crippen LogP contribution in [0, 0.1) is 14.9 Å². The summed E-state index contributed by atoms with van der Waals surface area (Å²) in [6.45, 7) is 0. The number of hydrogen-bond acceptors (Lipinski definition) is 4. The highest BCUT2D eigenvalue weighted by atomic mass is 127. The predicted molar refractivity (Wildman–Crippen MR) is 61.9 cm³/mol. The number of hydrogen-bond donors (Lipinski definition) is 0. The molecular formula is C10H5F3INO3. The van der Waals surface area contributed by atoms with Gasteiger partial charge >= 0.3 is 12.3 Å². The van der Waals surface area contributed by atoms with Crippen LogP contribution in [-0.4, -0.2) is 19.4 Å². The van der Waals surface area contributed by atoms with Gasteiger partial charge in [-0.3, -0.25) is 0 Å². The third-order valence-electron chi connectivity index (χ3n) is 1.80. The molecule has 0 unspecified atom stereocenters. The zero-order valence-corrected chi connectivity index (χ0v) is 11.0. The molecule has 8 heteroatoms. The molecule has 0 fully saturated rings. The summed E-state index contributed by atoms with van der Waals surface area (Å²) in [7, 11) is 1.04. The van der Waals surface area contributed by atoms with E-state index in [9.17, 15) is 18.0 Å². The molecule has 18 heavy (non-hydrogen) atoms. The van der Waals surface area contributed by atoms with E-state index in [-0.39, 0.29) is 14.7 Å². The van der Waals surface area contributed by atoms with Gasteiger partial charge in [-0.25, -0.2) is 4.79 Å². The van der Waals surface area contributed by atoms with Crippen LogP contribution in [0.25, 0.3) is 0 Å². The quantitative estimate of drug-likeness (QED) is 0.593. The Kier molecular flexibility index (Phi) is 4.39. The fraction of sp³-hybridized carbons (Fsp3) is 0.200. The number of esters is 1. The summed E-state index contributed by atoms with van der Waals surface area (Å²) in [5, 5.41) is 8.67. The van der Waals surface area contributed by atoms with E-state index in [2.05, 4.69) is 9.47 Å². The molecule has 0 atom stereocenters. The van der Waals surface area contributed by atoms with Crippen molar-refractivity contribution in [1.82, 2.24) is 0 Å². The Morgan fingerprint density at radius 1 is 1.44 bits per heavy atom. The lowest BCUT2D eigenvalue weighted by Crippen LogP contribution is -2.20. The van der Waals surface area contributed by atoms with E-state index in [1.54, 1.807) is 28.7 Å². The fourth-order valence-corrected chi connectivity index (χ4v) is 1.97. The van der Waals surface area contributed by atoms with Crippen molar-refractivity contribution in [2.45, 2.75) is 6.36 Å². The molecule has 1 aromatic carbocycles. The second-order valence-electron chi connectivity index (χ2n) is 2.98. The average molecular weight is 371 g/mol. The molecular weight excluding hydrogens is 366 g/mol. The van der Waals surface area contributed by atoms with Crippen LogP contribution >= 0.6 is 22.6 Å². The second-order valence-corrected chi connectivity index (χ2v) is 4.14. The molecule has 0 bridgehead atoms. The topological polar surface area (TPSA) is 59.3 Å². The number of alkyl halides is 3. The average Bonchev–Trinajstić information content (AvgIpc) is 2.25. The number of carbonyl (C=O) groups excluding carboxylic acids is 1. The Morgan fingerprint density at radius 2 is 2.06 bits per heavy atom. The first kappa shape index (κ1) is 14.6. The number of carbonyl (C=O) groups is 1. The first-order valence-electron chi connectivity index (χ1n) is 4.36. The lowest BCUT2D eigenvalue weighted by Gasteiger charge is -2.13. The van der Waals surface area contributed by atoms with Gasteiger partial charge in [-0.2, -0.15) is 5.26 Å². The molecule has 0 aliphatic heterocycles. The summed E-state index contributed by atoms with van der Waals surface area (Å²) < 4.78 is 44.8. The molecule has 0 aliphatic carbocycles. The minimum absolute atomic E-state index is 0.0497. The Labute approximate surface area is 113 Å². The first-order chi connectivity index (χ1) is 8.28. The van der Waals surface area contributed by atoms with Crippen molar-refractivity contribution in [1.29, 1.82) is 5.26 Å². The van der Waals surface area contributed by atoms with Gasteiger partial charge in [0.1, 0.15) is 11.3 Å². The van der Waals surface area contributed by atoms with Crippen LogP contribution in [0.3, 0.4) is 0 Å². The van der Waals surface area contributed by atoms with E-state index in [1.807, 2.05) is 0 Å². The lowest BCUT2D eigenvalue weighted by atomic mass is 10.1. The van der Waals surface area contributed by atoms with Crippen LogP contribution in [-0.2, 0) is 4.74 Å². The van der Waals surface area contributed by atoms with Crippen molar-refractivity contribution in [3.8, 4) is 11.8 Å². The molecule has 1 rings (SSSR count). The lowest BCUT2D eigenvalue weighted by molar-refractivity contribution is -0.274. The SMILES string of the molecule is COC(=O)c1c(I)cc(C#N)cc1OC(F)(F)F. The van der Waals surface area contributed by atoms with Gasteiger partial charge in [0.15, 0.2) is 0 Å². The van der Waals surface area contributed by atoms with Crippen molar-refractivity contribution in [2.75, 3.05) is 7.11 Å². The van der Waals surface area contributed by atoms with Crippen LogP contribution in [0.5, 0.6) is 5.75 Å². The summed E-state index contributed by atoms with van der Waals surface area (Å²) in [6.07, 6.45) is -4.96. The third kappa shape index (κ3) is 3.49. The number of methoxy groups -OCH3 is 1. The summed E-state index contributed by atoms with van der Waals surface area (Å²) in [5.41, 5.74) is -0.416. The second kappa shape index (κ2) is 5.43. The summed E-state index contributed by atoms with van der Waals surface area (Å²) in [6, 6.07) is 3.77. The molecule has 0 radical (unpaired) electrons. The molecule has 0 saturated carbocycles. The summed E-state index contributed by atoms with van der Waals surface area (Å²) in [5.74, 6) is -1.72. The highest BCUT2D eigenvalue weighted by Crippen LogP contribution is 2.31. The highest BCUT2D eigenvalue weighted by molar-refractivity contribution is 14.1. The summed E-state index contributed by atoms with van der Waals surface area (Å²) >= 11 is 1.63. The van der Waals surface area contributed by atoms with Crippen molar-refractivity contribution in [2.24, 2.45) is 0 Å². The van der Waals surface area contributed by atoms with E-state index in [1.165, 1.54) is 6.07 Å². The molecule has 0 heterocycles. The van der Waals surface area contributed by atoms with E-state index in [4.69, 9.17) is 5.26 Å². The Morgan fingerprint density at radius 3 is 2.50 bits per heavy atom. The van der Waals surface area contributed by atoms with Gasteiger partial charge in [0.2, 0.25) is 0 Å². The number of nitriles is 1. The van der Waals surface area contributed by atoms with Crippen molar-refractivity contribution < 1.29 is 27.4 Å². The monoisotopic (exact) mass is 371 g/mol. The van der Waals surface area contributed by atoms with Gasteiger partial charge < -0.3 is 9.47 Å². The van der Waals surface area contributed by atoms with E-state index >= 15 is 0 Å². The number of halogens is 4. The predicted octanol–water partition coefficient (Wildman–Crippen LogP) is 2.85. The largest absolute Gasteiger partial charge is 0.573 e. The van der Waals surface area contributed by atoms with E-state index in [0.29, 0.717) is 0 Å². The molecule has 0 amide bonds. The molecule has 0 saturated heterocycles. The van der Waals surface area contributed by atoms with Crippen molar-refractivity contribution in [3.05, 3.63) is 26.8 Å². The third-order valence-corrected chi connectivity index (χ3v) is 2.65. The molecule has 0 spiro atoms. The summed E-state index contributed by atoms with van der Waals surface area (Å²) in [4.78, 5) is 11.4. The van der Waals surface area contributed by atoms with Crippen molar-refractivity contribution in [3.63, 3.8) is 0 Å². The minimum atomic E-state index is -4.96. The molecule has 0 aromatic heterocycles. The van der Waals surface area contributed by atoms with Gasteiger partial charge in [0.05, 0.1) is 18.7 Å². The maximum absolute atomic E-state index is 12.2. The molecule has 4 nitrogen and oxygen atoms in total.